The highest BCUT2D eigenvalue weighted by Gasteiger charge is 2.14. The summed E-state index contributed by atoms with van der Waals surface area (Å²) in [5.41, 5.74) is 1.99. The van der Waals surface area contributed by atoms with Gasteiger partial charge in [0.2, 0.25) is 0 Å². The zero-order chi connectivity index (χ0) is 20.5. The SMILES string of the molecule is COCCNC(=O)c1ccccc1NC(=O)COc1ccc(C(C)C)cc1Br. The standard InChI is InChI=1S/C21H25BrN2O4/c1-14(2)15-8-9-19(17(22)12-15)28-13-20(25)24-18-7-5-4-6-16(18)21(26)23-10-11-27-3/h4-9,12,14H,10-11,13H2,1-3H3,(H,23,26)(H,24,25). The van der Waals surface area contributed by atoms with Crippen LogP contribution in [0.4, 0.5) is 5.69 Å². The molecule has 6 nitrogen and oxygen atoms in total. The Balaban J connectivity index is 1.97. The molecule has 2 rings (SSSR count). The maximum Gasteiger partial charge on any atom is 0.262 e. The van der Waals surface area contributed by atoms with Gasteiger partial charge in [0.1, 0.15) is 5.75 Å². The van der Waals surface area contributed by atoms with Crippen LogP contribution in [0.2, 0.25) is 0 Å². The monoisotopic (exact) mass is 448 g/mol. The highest BCUT2D eigenvalue weighted by Crippen LogP contribution is 2.29. The molecule has 0 aliphatic rings. The van der Waals surface area contributed by atoms with Gasteiger partial charge < -0.3 is 20.1 Å². The molecule has 2 N–H and O–H groups in total. The molecular formula is C21H25BrN2O4. The number of ether oxygens (including phenoxy) is 2. The summed E-state index contributed by atoms with van der Waals surface area (Å²) in [6.45, 7) is 4.86. The van der Waals surface area contributed by atoms with Gasteiger partial charge in [-0.2, -0.15) is 0 Å². The average molecular weight is 449 g/mol. The van der Waals surface area contributed by atoms with Crippen LogP contribution < -0.4 is 15.4 Å². The Morgan fingerprint density at radius 1 is 1.14 bits per heavy atom. The van der Waals surface area contributed by atoms with Gasteiger partial charge in [0, 0.05) is 13.7 Å². The number of hydrogen-bond donors (Lipinski definition) is 2. The first kappa shape index (κ1) is 21.9. The summed E-state index contributed by atoms with van der Waals surface area (Å²) >= 11 is 3.47. The fraction of sp³-hybridized carbons (Fsp3) is 0.333. The Hall–Kier alpha value is -2.38. The molecule has 2 aromatic carbocycles. The lowest BCUT2D eigenvalue weighted by Gasteiger charge is -2.13. The van der Waals surface area contributed by atoms with E-state index in [1.165, 1.54) is 5.56 Å². The van der Waals surface area contributed by atoms with E-state index in [1.807, 2.05) is 18.2 Å². The van der Waals surface area contributed by atoms with Crippen molar-refractivity contribution in [2.24, 2.45) is 0 Å². The van der Waals surface area contributed by atoms with Crippen LogP contribution in [0.1, 0.15) is 35.7 Å². The van der Waals surface area contributed by atoms with E-state index in [0.29, 0.717) is 36.1 Å². The second-order valence-corrected chi connectivity index (χ2v) is 7.33. The van der Waals surface area contributed by atoms with Crippen molar-refractivity contribution in [3.8, 4) is 5.75 Å². The number of anilines is 1. The van der Waals surface area contributed by atoms with E-state index in [2.05, 4.69) is 40.4 Å². The van der Waals surface area contributed by atoms with Crippen LogP contribution in [0.25, 0.3) is 0 Å². The van der Waals surface area contributed by atoms with Gasteiger partial charge in [0.15, 0.2) is 6.61 Å². The quantitative estimate of drug-likeness (QED) is 0.569. The number of halogens is 1. The minimum absolute atomic E-state index is 0.167. The van der Waals surface area contributed by atoms with Crippen molar-refractivity contribution in [1.82, 2.24) is 5.32 Å². The lowest BCUT2D eigenvalue weighted by Crippen LogP contribution is -2.29. The van der Waals surface area contributed by atoms with Gasteiger partial charge in [-0.05, 0) is 51.7 Å². The normalized spacial score (nSPS) is 10.6. The molecule has 0 fully saturated rings. The third kappa shape index (κ3) is 6.35. The lowest BCUT2D eigenvalue weighted by molar-refractivity contribution is -0.118. The van der Waals surface area contributed by atoms with Gasteiger partial charge in [-0.3, -0.25) is 9.59 Å². The summed E-state index contributed by atoms with van der Waals surface area (Å²) in [6.07, 6.45) is 0. The Morgan fingerprint density at radius 2 is 1.89 bits per heavy atom. The molecule has 0 aliphatic heterocycles. The Labute approximate surface area is 173 Å². The first-order chi connectivity index (χ1) is 13.4. The van der Waals surface area contributed by atoms with Crippen molar-refractivity contribution in [2.45, 2.75) is 19.8 Å². The Morgan fingerprint density at radius 3 is 2.57 bits per heavy atom. The van der Waals surface area contributed by atoms with Gasteiger partial charge in [0.05, 0.1) is 22.3 Å². The highest BCUT2D eigenvalue weighted by atomic mass is 79.9. The maximum atomic E-state index is 12.3. The van der Waals surface area contributed by atoms with Gasteiger partial charge in [-0.15, -0.1) is 0 Å². The predicted octanol–water partition coefficient (Wildman–Crippen LogP) is 3.97. The molecule has 150 valence electrons. The number of nitrogens with one attached hydrogen (secondary N) is 2. The summed E-state index contributed by atoms with van der Waals surface area (Å²) < 4.78 is 11.3. The molecule has 0 atom stereocenters. The van der Waals surface area contributed by atoms with E-state index in [4.69, 9.17) is 9.47 Å². The minimum atomic E-state index is -0.350. The molecule has 0 bridgehead atoms. The Kier molecular flexibility index (Phi) is 8.47. The molecule has 0 saturated carbocycles. The van der Waals surface area contributed by atoms with Crippen LogP contribution in [-0.2, 0) is 9.53 Å². The van der Waals surface area contributed by atoms with Gasteiger partial charge in [0.25, 0.3) is 11.8 Å². The largest absolute Gasteiger partial charge is 0.483 e. The van der Waals surface area contributed by atoms with Gasteiger partial charge in [-0.25, -0.2) is 0 Å². The molecule has 0 spiro atoms. The van der Waals surface area contributed by atoms with Gasteiger partial charge >= 0.3 is 0 Å². The summed E-state index contributed by atoms with van der Waals surface area (Å²) in [5, 5.41) is 5.47. The second-order valence-electron chi connectivity index (χ2n) is 6.48. The molecule has 0 aromatic heterocycles. The number of para-hydroxylation sites is 1. The van der Waals surface area contributed by atoms with Crippen molar-refractivity contribution in [3.05, 3.63) is 58.1 Å². The van der Waals surface area contributed by atoms with Crippen LogP contribution in [0, 0.1) is 0 Å². The van der Waals surface area contributed by atoms with E-state index >= 15 is 0 Å². The van der Waals surface area contributed by atoms with Crippen molar-refractivity contribution < 1.29 is 19.1 Å². The molecule has 0 unspecified atom stereocenters. The molecular weight excluding hydrogens is 424 g/mol. The fourth-order valence-electron chi connectivity index (χ4n) is 2.47. The predicted molar refractivity (Wildman–Crippen MR) is 113 cm³/mol. The molecule has 28 heavy (non-hydrogen) atoms. The zero-order valence-corrected chi connectivity index (χ0v) is 17.8. The van der Waals surface area contributed by atoms with E-state index in [9.17, 15) is 9.59 Å². The van der Waals surface area contributed by atoms with Crippen molar-refractivity contribution in [1.29, 1.82) is 0 Å². The number of benzene rings is 2. The second kappa shape index (κ2) is 10.8. The van der Waals surface area contributed by atoms with Gasteiger partial charge in [-0.1, -0.05) is 32.0 Å². The maximum absolute atomic E-state index is 12.3. The van der Waals surface area contributed by atoms with E-state index in [1.54, 1.807) is 31.4 Å². The summed E-state index contributed by atoms with van der Waals surface area (Å²) in [4.78, 5) is 24.6. The average Bonchev–Trinajstić information content (AvgIpc) is 2.67. The Bertz CT molecular complexity index is 824. The number of carbonyl (C=O) groups is 2. The summed E-state index contributed by atoms with van der Waals surface area (Å²) in [7, 11) is 1.56. The number of hydrogen-bond acceptors (Lipinski definition) is 4. The summed E-state index contributed by atoms with van der Waals surface area (Å²) in [6, 6.07) is 12.6. The molecule has 0 heterocycles. The van der Waals surface area contributed by atoms with Crippen LogP contribution in [0.15, 0.2) is 46.9 Å². The van der Waals surface area contributed by atoms with E-state index in [0.717, 1.165) is 4.47 Å². The molecule has 0 saturated heterocycles. The van der Waals surface area contributed by atoms with E-state index in [-0.39, 0.29) is 18.4 Å². The van der Waals surface area contributed by atoms with Crippen molar-refractivity contribution >= 4 is 33.4 Å². The smallest absolute Gasteiger partial charge is 0.262 e. The highest BCUT2D eigenvalue weighted by molar-refractivity contribution is 9.10. The minimum Gasteiger partial charge on any atom is -0.483 e. The molecule has 2 amide bonds. The third-order valence-corrected chi connectivity index (χ3v) is 4.64. The molecule has 7 heteroatoms. The molecule has 0 aliphatic carbocycles. The molecule has 2 aromatic rings. The van der Waals surface area contributed by atoms with Crippen LogP contribution in [0.3, 0.4) is 0 Å². The zero-order valence-electron chi connectivity index (χ0n) is 16.3. The van der Waals surface area contributed by atoms with E-state index < -0.39 is 0 Å². The number of methoxy groups -OCH3 is 1. The van der Waals surface area contributed by atoms with Crippen LogP contribution >= 0.6 is 15.9 Å². The molecule has 0 radical (unpaired) electrons. The number of rotatable bonds is 9. The van der Waals surface area contributed by atoms with Crippen LogP contribution in [0.5, 0.6) is 5.75 Å². The van der Waals surface area contributed by atoms with Crippen molar-refractivity contribution in [2.75, 3.05) is 32.2 Å². The van der Waals surface area contributed by atoms with Crippen LogP contribution in [-0.4, -0.2) is 38.7 Å². The first-order valence-electron chi connectivity index (χ1n) is 9.00. The number of amides is 2. The fourth-order valence-corrected chi connectivity index (χ4v) is 2.99. The topological polar surface area (TPSA) is 76.7 Å². The van der Waals surface area contributed by atoms with Crippen molar-refractivity contribution in [3.63, 3.8) is 0 Å². The third-order valence-electron chi connectivity index (χ3n) is 4.02. The lowest BCUT2D eigenvalue weighted by atomic mass is 10.0. The summed E-state index contributed by atoms with van der Waals surface area (Å²) in [5.74, 6) is 0.364. The first-order valence-corrected chi connectivity index (χ1v) is 9.80. The number of carbonyl (C=O) groups excluding carboxylic acids is 2.